The highest BCUT2D eigenvalue weighted by Crippen LogP contribution is 2.17. The van der Waals surface area contributed by atoms with Gasteiger partial charge < -0.3 is 15.4 Å². The lowest BCUT2D eigenvalue weighted by molar-refractivity contribution is 0.262. The Kier molecular flexibility index (Phi) is 3.90. The number of ether oxygens (including phenoxy) is 1. The van der Waals surface area contributed by atoms with Crippen LogP contribution in [-0.2, 0) is 0 Å². The highest BCUT2D eigenvalue weighted by atomic mass is 16.5. The Morgan fingerprint density at radius 2 is 2.04 bits per heavy atom. The molecule has 0 aliphatic rings. The van der Waals surface area contributed by atoms with Gasteiger partial charge >= 0.3 is 6.03 Å². The summed E-state index contributed by atoms with van der Waals surface area (Å²) < 4.78 is 6.28. The lowest BCUT2D eigenvalue weighted by Gasteiger charge is -2.09. The zero-order valence-electron chi connectivity index (χ0n) is 13.4. The minimum Gasteiger partial charge on any atom is -0.497 e. The first-order chi connectivity index (χ1) is 11.5. The SMILES string of the molecule is COc1cccc(NC(=O)Nc2c(C)nc3nc(C)[nH]n3c2=O)c1. The van der Waals surface area contributed by atoms with E-state index in [1.807, 2.05) is 0 Å². The number of H-pyrrole nitrogens is 1. The number of aromatic nitrogens is 4. The number of hydrogen-bond donors (Lipinski definition) is 3. The Morgan fingerprint density at radius 1 is 1.25 bits per heavy atom. The highest BCUT2D eigenvalue weighted by Gasteiger charge is 2.15. The van der Waals surface area contributed by atoms with Crippen molar-refractivity contribution in [2.75, 3.05) is 17.7 Å². The van der Waals surface area contributed by atoms with Crippen molar-refractivity contribution in [1.82, 2.24) is 19.6 Å². The largest absolute Gasteiger partial charge is 0.497 e. The monoisotopic (exact) mass is 328 g/mol. The molecule has 2 aromatic heterocycles. The predicted molar refractivity (Wildman–Crippen MR) is 88.7 cm³/mol. The Labute approximate surface area is 136 Å². The Balaban J connectivity index is 1.86. The van der Waals surface area contributed by atoms with Crippen molar-refractivity contribution >= 4 is 23.2 Å². The molecule has 124 valence electrons. The third kappa shape index (κ3) is 2.91. The van der Waals surface area contributed by atoms with Crippen LogP contribution >= 0.6 is 0 Å². The molecule has 3 rings (SSSR count). The lowest BCUT2D eigenvalue weighted by Crippen LogP contribution is -2.28. The molecule has 2 amide bonds. The maximum Gasteiger partial charge on any atom is 0.323 e. The van der Waals surface area contributed by atoms with E-state index in [4.69, 9.17) is 4.74 Å². The van der Waals surface area contributed by atoms with Crippen LogP contribution in [0.15, 0.2) is 29.1 Å². The van der Waals surface area contributed by atoms with Crippen molar-refractivity contribution in [3.63, 3.8) is 0 Å². The number of nitrogens with one attached hydrogen (secondary N) is 3. The van der Waals surface area contributed by atoms with E-state index in [-0.39, 0.29) is 11.5 Å². The fraction of sp³-hybridized carbons (Fsp3) is 0.200. The summed E-state index contributed by atoms with van der Waals surface area (Å²) in [6.07, 6.45) is 0. The van der Waals surface area contributed by atoms with Crippen molar-refractivity contribution in [3.8, 4) is 5.75 Å². The number of aromatic amines is 1. The number of nitrogens with zero attached hydrogens (tertiary/aromatic N) is 3. The van der Waals surface area contributed by atoms with Gasteiger partial charge in [0.2, 0.25) is 0 Å². The van der Waals surface area contributed by atoms with E-state index < -0.39 is 11.6 Å². The molecule has 3 N–H and O–H groups in total. The first kappa shape index (κ1) is 15.5. The summed E-state index contributed by atoms with van der Waals surface area (Å²) in [6.45, 7) is 3.35. The predicted octanol–water partition coefficient (Wildman–Crippen LogP) is 1.69. The number of carbonyl (C=O) groups excluding carboxylic acids is 1. The number of methoxy groups -OCH3 is 1. The zero-order chi connectivity index (χ0) is 17.3. The van der Waals surface area contributed by atoms with Gasteiger partial charge in [-0.15, -0.1) is 0 Å². The number of benzene rings is 1. The minimum absolute atomic E-state index is 0.0801. The van der Waals surface area contributed by atoms with Crippen molar-refractivity contribution < 1.29 is 9.53 Å². The first-order valence-corrected chi connectivity index (χ1v) is 7.16. The minimum atomic E-state index is -0.554. The van der Waals surface area contributed by atoms with Crippen molar-refractivity contribution in [2.24, 2.45) is 0 Å². The quantitative estimate of drug-likeness (QED) is 0.677. The summed E-state index contributed by atoms with van der Waals surface area (Å²) in [5.74, 6) is 1.42. The maximum absolute atomic E-state index is 12.4. The van der Waals surface area contributed by atoms with Crippen LogP contribution in [0.25, 0.3) is 5.78 Å². The molecule has 9 nitrogen and oxygen atoms in total. The molecule has 0 saturated heterocycles. The fourth-order valence-corrected chi connectivity index (χ4v) is 2.25. The van der Waals surface area contributed by atoms with Gasteiger partial charge in [-0.1, -0.05) is 6.07 Å². The number of aryl methyl sites for hydroxylation is 2. The molecule has 0 aliphatic carbocycles. The van der Waals surface area contributed by atoms with Crippen LogP contribution in [0.4, 0.5) is 16.2 Å². The molecule has 2 heterocycles. The van der Waals surface area contributed by atoms with Crippen LogP contribution < -0.4 is 20.9 Å². The molecule has 0 atom stereocenters. The fourth-order valence-electron chi connectivity index (χ4n) is 2.25. The van der Waals surface area contributed by atoms with Gasteiger partial charge in [-0.05, 0) is 26.0 Å². The Bertz CT molecular complexity index is 975. The lowest BCUT2D eigenvalue weighted by atomic mass is 10.3. The van der Waals surface area contributed by atoms with Crippen molar-refractivity contribution in [2.45, 2.75) is 13.8 Å². The molecule has 0 saturated carbocycles. The van der Waals surface area contributed by atoms with Gasteiger partial charge in [0.15, 0.2) is 0 Å². The topological polar surface area (TPSA) is 113 Å². The maximum atomic E-state index is 12.4. The molecule has 0 fully saturated rings. The van der Waals surface area contributed by atoms with E-state index in [9.17, 15) is 9.59 Å². The smallest absolute Gasteiger partial charge is 0.323 e. The Morgan fingerprint density at radius 3 is 2.79 bits per heavy atom. The molecule has 0 aliphatic heterocycles. The molecule has 1 aromatic carbocycles. The van der Waals surface area contributed by atoms with E-state index in [0.717, 1.165) is 0 Å². The standard InChI is InChI=1S/C15H16N6O3/c1-8-12(13(22)21-14(16-8)17-9(2)20-21)19-15(23)18-10-5-4-6-11(7-10)24-3/h4-7H,1-3H3,(H,16,17,20)(H2,18,19,23). The third-order valence-electron chi connectivity index (χ3n) is 3.35. The van der Waals surface area contributed by atoms with Gasteiger partial charge in [-0.25, -0.2) is 9.78 Å². The second kappa shape index (κ2) is 6.03. The molecule has 9 heteroatoms. The van der Waals surface area contributed by atoms with Crippen LogP contribution in [0.2, 0.25) is 0 Å². The summed E-state index contributed by atoms with van der Waals surface area (Å²) in [5, 5.41) is 7.95. The van der Waals surface area contributed by atoms with Gasteiger partial charge in [-0.3, -0.25) is 9.89 Å². The van der Waals surface area contributed by atoms with Crippen LogP contribution in [0, 0.1) is 13.8 Å². The zero-order valence-corrected chi connectivity index (χ0v) is 13.4. The molecular formula is C15H16N6O3. The summed E-state index contributed by atoms with van der Waals surface area (Å²) in [4.78, 5) is 32.9. The van der Waals surface area contributed by atoms with Crippen LogP contribution in [0.3, 0.4) is 0 Å². The summed E-state index contributed by atoms with van der Waals surface area (Å²) >= 11 is 0. The van der Waals surface area contributed by atoms with E-state index in [0.29, 0.717) is 23.0 Å². The number of carbonyl (C=O) groups is 1. The number of urea groups is 1. The molecule has 0 radical (unpaired) electrons. The van der Waals surface area contributed by atoms with Gasteiger partial charge in [0, 0.05) is 11.8 Å². The van der Waals surface area contributed by atoms with Crippen LogP contribution in [0.1, 0.15) is 11.5 Å². The molecule has 3 aromatic rings. The van der Waals surface area contributed by atoms with E-state index in [2.05, 4.69) is 25.7 Å². The second-order valence-electron chi connectivity index (χ2n) is 5.13. The molecule has 0 bridgehead atoms. The molecule has 0 unspecified atom stereocenters. The number of fused-ring (bicyclic) bond motifs is 1. The number of rotatable bonds is 3. The normalized spacial score (nSPS) is 10.6. The second-order valence-corrected chi connectivity index (χ2v) is 5.13. The average Bonchev–Trinajstić information content (AvgIpc) is 2.92. The van der Waals surface area contributed by atoms with Crippen LogP contribution in [0.5, 0.6) is 5.75 Å². The molecular weight excluding hydrogens is 312 g/mol. The first-order valence-electron chi connectivity index (χ1n) is 7.16. The van der Waals surface area contributed by atoms with E-state index in [1.54, 1.807) is 38.1 Å². The average molecular weight is 328 g/mol. The Hall–Kier alpha value is -3.36. The summed E-state index contributed by atoms with van der Waals surface area (Å²) in [6, 6.07) is 6.33. The summed E-state index contributed by atoms with van der Waals surface area (Å²) in [7, 11) is 1.54. The van der Waals surface area contributed by atoms with E-state index in [1.165, 1.54) is 11.6 Å². The van der Waals surface area contributed by atoms with Crippen molar-refractivity contribution in [3.05, 3.63) is 46.1 Å². The number of amides is 2. The van der Waals surface area contributed by atoms with Gasteiger partial charge in [-0.2, -0.15) is 9.50 Å². The van der Waals surface area contributed by atoms with Crippen LogP contribution in [-0.4, -0.2) is 32.7 Å². The highest BCUT2D eigenvalue weighted by molar-refractivity contribution is 6.00. The van der Waals surface area contributed by atoms with Gasteiger partial charge in [0.05, 0.1) is 12.8 Å². The molecule has 0 spiro atoms. The van der Waals surface area contributed by atoms with Crippen molar-refractivity contribution in [1.29, 1.82) is 0 Å². The molecule has 24 heavy (non-hydrogen) atoms. The third-order valence-corrected chi connectivity index (χ3v) is 3.35. The number of anilines is 2. The van der Waals surface area contributed by atoms with E-state index >= 15 is 0 Å². The number of hydrogen-bond acceptors (Lipinski definition) is 5. The van der Waals surface area contributed by atoms with Gasteiger partial charge in [0.1, 0.15) is 17.3 Å². The summed E-state index contributed by atoms with van der Waals surface area (Å²) in [5.41, 5.74) is 0.568. The van der Waals surface area contributed by atoms with Gasteiger partial charge in [0.25, 0.3) is 11.3 Å².